The summed E-state index contributed by atoms with van der Waals surface area (Å²) in [5, 5.41) is 1.37. The van der Waals surface area contributed by atoms with E-state index in [1.807, 2.05) is 0 Å². The topological polar surface area (TPSA) is 28.1 Å². The molecule has 1 aromatic heterocycles. The summed E-state index contributed by atoms with van der Waals surface area (Å²) in [6, 6.07) is 8.68. The number of aromatic amines is 1. The quantitative estimate of drug-likeness (QED) is 0.791. The minimum atomic E-state index is 0.357. The molecule has 0 bridgehead atoms. The lowest BCUT2D eigenvalue weighted by Crippen LogP contribution is -2.38. The highest BCUT2D eigenvalue weighted by Gasteiger charge is 2.41. The Morgan fingerprint density at radius 2 is 2.16 bits per heavy atom. The van der Waals surface area contributed by atoms with Crippen molar-refractivity contribution in [3.8, 4) is 0 Å². The minimum absolute atomic E-state index is 0.357. The Labute approximate surface area is 113 Å². The number of hydrogen-bond acceptors (Lipinski definition) is 1. The van der Waals surface area contributed by atoms with E-state index in [4.69, 9.17) is 4.99 Å². The molecule has 4 rings (SSSR count). The Bertz CT molecular complexity index is 665. The molecule has 2 aromatic rings. The fraction of sp³-hybridized carbons (Fsp3) is 0.471. The molecule has 0 saturated heterocycles. The highest BCUT2D eigenvalue weighted by molar-refractivity contribution is 6.15. The lowest BCUT2D eigenvalue weighted by atomic mass is 9.66. The third-order valence-electron chi connectivity index (χ3n) is 5.14. The number of rotatable bonds is 1. The van der Waals surface area contributed by atoms with Crippen LogP contribution in [0.25, 0.3) is 10.9 Å². The van der Waals surface area contributed by atoms with Crippen LogP contribution in [-0.2, 0) is 6.42 Å². The number of nitrogens with one attached hydrogen (secondary N) is 1. The van der Waals surface area contributed by atoms with Crippen molar-refractivity contribution in [2.45, 2.75) is 39.0 Å². The van der Waals surface area contributed by atoms with E-state index in [0.717, 1.165) is 6.54 Å². The van der Waals surface area contributed by atoms with E-state index in [-0.39, 0.29) is 0 Å². The van der Waals surface area contributed by atoms with Crippen LogP contribution in [0.2, 0.25) is 0 Å². The van der Waals surface area contributed by atoms with Crippen molar-refractivity contribution < 1.29 is 0 Å². The van der Waals surface area contributed by atoms with E-state index in [1.54, 1.807) is 0 Å². The molecule has 0 unspecified atom stereocenters. The predicted octanol–water partition coefficient (Wildman–Crippen LogP) is 4.09. The Balaban J connectivity index is 2.01. The van der Waals surface area contributed by atoms with Gasteiger partial charge < -0.3 is 4.98 Å². The maximum atomic E-state index is 4.95. The highest BCUT2D eigenvalue weighted by Crippen LogP contribution is 2.46. The first-order chi connectivity index (χ1) is 9.34. The normalized spacial score (nSPS) is 25.8. The molecular formula is C17H20N2. The van der Waals surface area contributed by atoms with Crippen LogP contribution in [0.5, 0.6) is 0 Å². The molecule has 1 aliphatic carbocycles. The molecule has 1 aromatic carbocycles. The molecule has 0 fully saturated rings. The van der Waals surface area contributed by atoms with Crippen molar-refractivity contribution >= 4 is 16.6 Å². The molecule has 0 spiro atoms. The first-order valence-electron chi connectivity index (χ1n) is 7.49. The van der Waals surface area contributed by atoms with Crippen molar-refractivity contribution in [2.24, 2.45) is 10.4 Å². The maximum Gasteiger partial charge on any atom is 0.0506 e. The van der Waals surface area contributed by atoms with Gasteiger partial charge in [0.05, 0.1) is 5.71 Å². The molecule has 2 nitrogen and oxygen atoms in total. The third kappa shape index (κ3) is 1.46. The number of aliphatic imine (C=N–C) groups is 1. The lowest BCUT2D eigenvalue weighted by Gasteiger charge is -2.40. The monoisotopic (exact) mass is 252 g/mol. The molecule has 1 aliphatic heterocycles. The number of aryl methyl sites for hydroxylation is 1. The summed E-state index contributed by atoms with van der Waals surface area (Å²) in [7, 11) is 0. The maximum absolute atomic E-state index is 4.95. The molecule has 98 valence electrons. The molecular weight excluding hydrogens is 232 g/mol. The first-order valence-corrected chi connectivity index (χ1v) is 7.49. The zero-order valence-corrected chi connectivity index (χ0v) is 11.5. The van der Waals surface area contributed by atoms with Crippen molar-refractivity contribution in [3.63, 3.8) is 0 Å². The predicted molar refractivity (Wildman–Crippen MR) is 80.0 cm³/mol. The number of aromatic nitrogens is 1. The third-order valence-corrected chi connectivity index (χ3v) is 5.14. The van der Waals surface area contributed by atoms with Crippen LogP contribution in [0.4, 0.5) is 0 Å². The van der Waals surface area contributed by atoms with E-state index in [1.165, 1.54) is 60.0 Å². The average molecular weight is 252 g/mol. The summed E-state index contributed by atoms with van der Waals surface area (Å²) in [4.78, 5) is 8.56. The molecule has 0 saturated carbocycles. The molecule has 0 radical (unpaired) electrons. The van der Waals surface area contributed by atoms with Gasteiger partial charge in [0, 0.05) is 34.1 Å². The SMILES string of the molecule is CC[C@]12CCCN=C1c1c([nH]c3ccccc13)CC2. The number of para-hydroxylation sites is 1. The number of benzene rings is 1. The van der Waals surface area contributed by atoms with Crippen LogP contribution in [0.1, 0.15) is 43.9 Å². The van der Waals surface area contributed by atoms with E-state index in [9.17, 15) is 0 Å². The second-order valence-corrected chi connectivity index (χ2v) is 5.99. The molecule has 1 atom stereocenters. The fourth-order valence-electron chi connectivity index (χ4n) is 4.02. The van der Waals surface area contributed by atoms with Crippen LogP contribution < -0.4 is 0 Å². The molecule has 2 aliphatic rings. The van der Waals surface area contributed by atoms with Gasteiger partial charge in [-0.1, -0.05) is 25.1 Å². The van der Waals surface area contributed by atoms with E-state index < -0.39 is 0 Å². The van der Waals surface area contributed by atoms with Gasteiger partial charge >= 0.3 is 0 Å². The van der Waals surface area contributed by atoms with Crippen LogP contribution in [0.3, 0.4) is 0 Å². The fourth-order valence-corrected chi connectivity index (χ4v) is 4.02. The van der Waals surface area contributed by atoms with Crippen molar-refractivity contribution in [1.82, 2.24) is 4.98 Å². The molecule has 2 heterocycles. The summed E-state index contributed by atoms with van der Waals surface area (Å²) < 4.78 is 0. The first kappa shape index (κ1) is 11.3. The molecule has 19 heavy (non-hydrogen) atoms. The summed E-state index contributed by atoms with van der Waals surface area (Å²) in [5.74, 6) is 0. The highest BCUT2D eigenvalue weighted by atomic mass is 14.8. The van der Waals surface area contributed by atoms with Crippen molar-refractivity contribution in [2.75, 3.05) is 6.54 Å². The van der Waals surface area contributed by atoms with Crippen LogP contribution in [0, 0.1) is 5.41 Å². The molecule has 2 heteroatoms. The van der Waals surface area contributed by atoms with Gasteiger partial charge in [-0.2, -0.15) is 0 Å². The Kier molecular flexibility index (Phi) is 2.35. The van der Waals surface area contributed by atoms with Crippen LogP contribution in [0.15, 0.2) is 29.3 Å². The minimum Gasteiger partial charge on any atom is -0.358 e. The van der Waals surface area contributed by atoms with Gasteiger partial charge in [0.15, 0.2) is 0 Å². The van der Waals surface area contributed by atoms with Crippen LogP contribution in [-0.4, -0.2) is 17.2 Å². The van der Waals surface area contributed by atoms with Crippen molar-refractivity contribution in [1.29, 1.82) is 0 Å². The average Bonchev–Trinajstić information content (AvgIpc) is 2.85. The van der Waals surface area contributed by atoms with Gasteiger partial charge in [0.2, 0.25) is 0 Å². The summed E-state index contributed by atoms with van der Waals surface area (Å²) in [6.45, 7) is 3.34. The zero-order valence-electron chi connectivity index (χ0n) is 11.5. The number of H-pyrrole nitrogens is 1. The largest absolute Gasteiger partial charge is 0.358 e. The van der Waals surface area contributed by atoms with Gasteiger partial charge in [-0.05, 0) is 38.2 Å². The molecule has 1 N–H and O–H groups in total. The van der Waals surface area contributed by atoms with Crippen LogP contribution >= 0.6 is 0 Å². The van der Waals surface area contributed by atoms with Gasteiger partial charge in [0.25, 0.3) is 0 Å². The number of fused-ring (bicyclic) bond motifs is 5. The second kappa shape index (κ2) is 3.96. The number of nitrogens with zero attached hydrogens (tertiary/aromatic N) is 1. The molecule has 0 amide bonds. The zero-order chi connectivity index (χ0) is 12.9. The second-order valence-electron chi connectivity index (χ2n) is 5.99. The standard InChI is InChI=1S/C17H20N2/c1-2-17-9-5-11-18-16(17)15-12-6-3-4-7-13(12)19-14(15)8-10-17/h3-4,6-7,19H,2,5,8-11H2,1H3/t17-/m1/s1. The Morgan fingerprint density at radius 3 is 3.05 bits per heavy atom. The Morgan fingerprint density at radius 1 is 1.26 bits per heavy atom. The summed E-state index contributed by atoms with van der Waals surface area (Å²) in [6.07, 6.45) is 6.25. The summed E-state index contributed by atoms with van der Waals surface area (Å²) in [5.41, 5.74) is 5.87. The smallest absolute Gasteiger partial charge is 0.0506 e. The van der Waals surface area contributed by atoms with Gasteiger partial charge in [-0.15, -0.1) is 0 Å². The van der Waals surface area contributed by atoms with Gasteiger partial charge in [0.1, 0.15) is 0 Å². The van der Waals surface area contributed by atoms with Gasteiger partial charge in [-0.25, -0.2) is 0 Å². The number of hydrogen-bond donors (Lipinski definition) is 1. The lowest BCUT2D eigenvalue weighted by molar-refractivity contribution is 0.315. The van der Waals surface area contributed by atoms with Crippen molar-refractivity contribution in [3.05, 3.63) is 35.5 Å². The van der Waals surface area contributed by atoms with Gasteiger partial charge in [-0.3, -0.25) is 4.99 Å². The van der Waals surface area contributed by atoms with E-state index >= 15 is 0 Å². The van der Waals surface area contributed by atoms with E-state index in [0.29, 0.717) is 5.41 Å². The summed E-state index contributed by atoms with van der Waals surface area (Å²) >= 11 is 0. The Hall–Kier alpha value is -1.57. The van der Waals surface area contributed by atoms with E-state index in [2.05, 4.69) is 36.2 Å².